The summed E-state index contributed by atoms with van der Waals surface area (Å²) in [5.74, 6) is -1.00. The van der Waals surface area contributed by atoms with Crippen molar-refractivity contribution in [1.29, 1.82) is 0 Å². The van der Waals surface area contributed by atoms with Crippen molar-refractivity contribution in [2.75, 3.05) is 0 Å². The van der Waals surface area contributed by atoms with E-state index in [-0.39, 0.29) is 22.0 Å². The Morgan fingerprint density at radius 2 is 2.19 bits per heavy atom. The molecule has 0 amide bonds. The monoisotopic (exact) mass is 330 g/mol. The van der Waals surface area contributed by atoms with E-state index in [4.69, 9.17) is 16.7 Å². The molecule has 0 unspecified atom stereocenters. The molecule has 0 spiro atoms. The maximum atomic E-state index is 12.1. The van der Waals surface area contributed by atoms with Crippen LogP contribution in [0.25, 0.3) is 0 Å². The number of benzene rings is 1. The molecule has 0 aliphatic heterocycles. The molecule has 0 aliphatic carbocycles. The summed E-state index contributed by atoms with van der Waals surface area (Å²) < 4.78 is 27.9. The predicted octanol–water partition coefficient (Wildman–Crippen LogP) is 0.645. The number of carboxylic acid groups (broad SMARTS) is 1. The summed E-state index contributed by atoms with van der Waals surface area (Å²) in [7, 11) is -2.23. The van der Waals surface area contributed by atoms with E-state index in [0.29, 0.717) is 5.82 Å². The number of nitrogens with zero attached hydrogens (tertiary/aromatic N) is 3. The second kappa shape index (κ2) is 5.80. The third-order valence-electron chi connectivity index (χ3n) is 2.55. The molecule has 1 heterocycles. The average Bonchev–Trinajstić information content (AvgIpc) is 2.82. The van der Waals surface area contributed by atoms with Gasteiger partial charge in [-0.15, -0.1) is 0 Å². The summed E-state index contributed by atoms with van der Waals surface area (Å²) in [4.78, 5) is 14.6. The van der Waals surface area contributed by atoms with Crippen LogP contribution in [0.5, 0.6) is 0 Å². The lowest BCUT2D eigenvalue weighted by atomic mass is 10.2. The molecule has 10 heteroatoms. The van der Waals surface area contributed by atoms with E-state index in [2.05, 4.69) is 14.8 Å². The van der Waals surface area contributed by atoms with Crippen LogP contribution >= 0.6 is 11.6 Å². The zero-order chi connectivity index (χ0) is 15.6. The van der Waals surface area contributed by atoms with Gasteiger partial charge in [-0.2, -0.15) is 5.10 Å². The highest BCUT2D eigenvalue weighted by Gasteiger charge is 2.18. The standard InChI is InChI=1S/C11H11ClN4O4S/c1-16-6-13-10(15-16)5-14-21(19,20)7-2-3-9(12)8(4-7)11(17)18/h2-4,6,14H,5H2,1H3,(H,17,18). The Hall–Kier alpha value is -1.97. The molecule has 1 aromatic heterocycles. The molecule has 21 heavy (non-hydrogen) atoms. The number of hydrogen-bond donors (Lipinski definition) is 2. The minimum atomic E-state index is -3.88. The first kappa shape index (κ1) is 15.4. The van der Waals surface area contributed by atoms with Crippen LogP contribution < -0.4 is 4.72 Å². The van der Waals surface area contributed by atoms with E-state index >= 15 is 0 Å². The first-order valence-corrected chi connectivity index (χ1v) is 7.53. The Morgan fingerprint density at radius 3 is 2.76 bits per heavy atom. The van der Waals surface area contributed by atoms with Crippen LogP contribution in [0, 0.1) is 0 Å². The van der Waals surface area contributed by atoms with Crippen LogP contribution in [-0.2, 0) is 23.6 Å². The Bertz CT molecular complexity index is 787. The number of aryl methyl sites for hydroxylation is 1. The van der Waals surface area contributed by atoms with Gasteiger partial charge in [0.2, 0.25) is 10.0 Å². The molecule has 8 nitrogen and oxygen atoms in total. The maximum Gasteiger partial charge on any atom is 0.337 e. The molecule has 0 radical (unpaired) electrons. The summed E-state index contributed by atoms with van der Waals surface area (Å²) >= 11 is 5.70. The molecule has 0 saturated heterocycles. The second-order valence-electron chi connectivity index (χ2n) is 4.11. The first-order chi connectivity index (χ1) is 9.79. The Morgan fingerprint density at radius 1 is 1.48 bits per heavy atom. The highest BCUT2D eigenvalue weighted by molar-refractivity contribution is 7.89. The molecule has 0 bridgehead atoms. The molecule has 1 aromatic carbocycles. The van der Waals surface area contributed by atoms with Gasteiger partial charge in [0.25, 0.3) is 0 Å². The van der Waals surface area contributed by atoms with Crippen molar-refractivity contribution in [3.63, 3.8) is 0 Å². The fourth-order valence-electron chi connectivity index (χ4n) is 1.54. The van der Waals surface area contributed by atoms with E-state index < -0.39 is 16.0 Å². The van der Waals surface area contributed by atoms with Crippen LogP contribution in [0.1, 0.15) is 16.2 Å². The fourth-order valence-corrected chi connectivity index (χ4v) is 2.75. The fraction of sp³-hybridized carbons (Fsp3) is 0.182. The van der Waals surface area contributed by atoms with Gasteiger partial charge in [0, 0.05) is 7.05 Å². The number of hydrogen-bond acceptors (Lipinski definition) is 5. The van der Waals surface area contributed by atoms with E-state index in [9.17, 15) is 13.2 Å². The van der Waals surface area contributed by atoms with Crippen LogP contribution in [0.3, 0.4) is 0 Å². The molecular formula is C11H11ClN4O4S. The van der Waals surface area contributed by atoms with Crippen molar-refractivity contribution in [2.45, 2.75) is 11.4 Å². The van der Waals surface area contributed by atoms with Crippen molar-refractivity contribution in [2.24, 2.45) is 7.05 Å². The lowest BCUT2D eigenvalue weighted by Gasteiger charge is -2.07. The van der Waals surface area contributed by atoms with Gasteiger partial charge in [-0.1, -0.05) is 11.6 Å². The molecule has 2 N–H and O–H groups in total. The number of aromatic carboxylic acids is 1. The average molecular weight is 331 g/mol. The molecule has 0 aliphatic rings. The molecule has 0 saturated carbocycles. The van der Waals surface area contributed by atoms with Crippen LogP contribution in [0.15, 0.2) is 29.4 Å². The summed E-state index contributed by atoms with van der Waals surface area (Å²) in [5, 5.41) is 12.8. The Labute approximate surface area is 125 Å². The minimum Gasteiger partial charge on any atom is -0.478 e. The zero-order valence-electron chi connectivity index (χ0n) is 10.8. The van der Waals surface area contributed by atoms with Crippen LogP contribution in [0.2, 0.25) is 5.02 Å². The Balaban J connectivity index is 2.23. The normalized spacial score (nSPS) is 11.5. The van der Waals surface area contributed by atoms with Gasteiger partial charge < -0.3 is 5.11 Å². The third kappa shape index (κ3) is 3.57. The predicted molar refractivity (Wildman–Crippen MR) is 73.4 cm³/mol. The summed E-state index contributed by atoms with van der Waals surface area (Å²) in [6.45, 7) is -0.103. The highest BCUT2D eigenvalue weighted by Crippen LogP contribution is 2.20. The number of carbonyl (C=O) groups is 1. The highest BCUT2D eigenvalue weighted by atomic mass is 35.5. The number of halogens is 1. The SMILES string of the molecule is Cn1cnc(CNS(=O)(=O)c2ccc(Cl)c(C(=O)O)c2)n1. The minimum absolute atomic E-state index is 0.0344. The number of sulfonamides is 1. The van der Waals surface area contributed by atoms with Gasteiger partial charge in [-0.25, -0.2) is 22.9 Å². The van der Waals surface area contributed by atoms with E-state index in [0.717, 1.165) is 6.07 Å². The number of aromatic nitrogens is 3. The van der Waals surface area contributed by atoms with Gasteiger partial charge >= 0.3 is 5.97 Å². The van der Waals surface area contributed by atoms with Crippen molar-refractivity contribution in [3.8, 4) is 0 Å². The first-order valence-electron chi connectivity index (χ1n) is 5.66. The smallest absolute Gasteiger partial charge is 0.337 e. The van der Waals surface area contributed by atoms with Crippen LogP contribution in [-0.4, -0.2) is 34.3 Å². The lowest BCUT2D eigenvalue weighted by Crippen LogP contribution is -2.24. The van der Waals surface area contributed by atoms with Gasteiger partial charge in [0.1, 0.15) is 6.33 Å². The van der Waals surface area contributed by atoms with Crippen molar-refractivity contribution < 1.29 is 18.3 Å². The summed E-state index contributed by atoms with van der Waals surface area (Å²) in [5.41, 5.74) is -0.282. The van der Waals surface area contributed by atoms with E-state index in [1.54, 1.807) is 7.05 Å². The van der Waals surface area contributed by atoms with Gasteiger partial charge in [-0.05, 0) is 18.2 Å². The number of nitrogens with one attached hydrogen (secondary N) is 1. The number of rotatable bonds is 5. The maximum absolute atomic E-state index is 12.1. The molecule has 0 fully saturated rings. The van der Waals surface area contributed by atoms with Crippen LogP contribution in [0.4, 0.5) is 0 Å². The van der Waals surface area contributed by atoms with Gasteiger partial charge in [0.05, 0.1) is 22.0 Å². The van der Waals surface area contributed by atoms with Crippen molar-refractivity contribution in [1.82, 2.24) is 19.5 Å². The number of carboxylic acids is 1. The van der Waals surface area contributed by atoms with Gasteiger partial charge in [0.15, 0.2) is 5.82 Å². The molecular weight excluding hydrogens is 320 g/mol. The summed E-state index contributed by atoms with van der Waals surface area (Å²) in [6, 6.07) is 3.44. The Kier molecular flexibility index (Phi) is 4.26. The second-order valence-corrected chi connectivity index (χ2v) is 6.28. The molecule has 2 aromatic rings. The van der Waals surface area contributed by atoms with Crippen molar-refractivity contribution >= 4 is 27.6 Å². The van der Waals surface area contributed by atoms with E-state index in [1.165, 1.54) is 23.1 Å². The molecule has 112 valence electrons. The zero-order valence-corrected chi connectivity index (χ0v) is 12.4. The largest absolute Gasteiger partial charge is 0.478 e. The summed E-state index contributed by atoms with van der Waals surface area (Å²) in [6.07, 6.45) is 1.44. The van der Waals surface area contributed by atoms with E-state index in [1.807, 2.05) is 0 Å². The quantitative estimate of drug-likeness (QED) is 0.831. The topological polar surface area (TPSA) is 114 Å². The molecule has 2 rings (SSSR count). The van der Waals surface area contributed by atoms with Crippen molar-refractivity contribution in [3.05, 3.63) is 40.9 Å². The van der Waals surface area contributed by atoms with Gasteiger partial charge in [-0.3, -0.25) is 4.68 Å². The third-order valence-corrected chi connectivity index (χ3v) is 4.27. The molecule has 0 atom stereocenters. The lowest BCUT2D eigenvalue weighted by molar-refractivity contribution is 0.0697.